The molecule has 1 aromatic rings. The molecule has 0 radical (unpaired) electrons. The van der Waals surface area contributed by atoms with Crippen molar-refractivity contribution in [1.82, 2.24) is 0 Å². The Kier molecular flexibility index (Phi) is 3.52. The number of rotatable bonds is 3. The average molecular weight is 175 g/mol. The van der Waals surface area contributed by atoms with Gasteiger partial charge in [0.1, 0.15) is 6.61 Å². The van der Waals surface area contributed by atoms with Gasteiger partial charge in [-0.15, -0.1) is 0 Å². The molecule has 0 aliphatic carbocycles. The molecule has 0 N–H and O–H groups in total. The number of carbonyl (C=O) groups excluding carboxylic acids is 1. The van der Waals surface area contributed by atoms with Crippen molar-refractivity contribution in [1.29, 1.82) is 0 Å². The topological polar surface area (TPSA) is 30.7 Å². The first-order chi connectivity index (χ1) is 6.33. The molecule has 3 heteroatoms. The van der Waals surface area contributed by atoms with Crippen LogP contribution < -0.4 is 0 Å². The van der Waals surface area contributed by atoms with Gasteiger partial charge in [-0.1, -0.05) is 30.3 Å². The van der Waals surface area contributed by atoms with Crippen LogP contribution in [0.1, 0.15) is 5.56 Å². The molecule has 0 spiro atoms. The van der Waals surface area contributed by atoms with E-state index in [1.807, 2.05) is 30.3 Å². The monoisotopic (exact) mass is 175 g/mol. The van der Waals surface area contributed by atoms with Gasteiger partial charge in [-0.25, -0.2) is 11.4 Å². The first kappa shape index (κ1) is 9.27. The maximum absolute atomic E-state index is 10.8. The van der Waals surface area contributed by atoms with Gasteiger partial charge in [-0.05, 0) is 5.56 Å². The Labute approximate surface area is 76.8 Å². The molecule has 1 rings (SSSR count). The summed E-state index contributed by atoms with van der Waals surface area (Å²) < 4.78 is 4.82. The Morgan fingerprint density at radius 3 is 2.69 bits per heavy atom. The lowest BCUT2D eigenvalue weighted by Crippen LogP contribution is -2.06. The molecule has 0 saturated heterocycles. The molecule has 0 amide bonds. The van der Waals surface area contributed by atoms with E-state index in [9.17, 15) is 4.79 Å². The van der Waals surface area contributed by atoms with E-state index < -0.39 is 5.97 Å². The van der Waals surface area contributed by atoms with Crippen LogP contribution in [-0.2, 0) is 16.1 Å². The highest BCUT2D eigenvalue weighted by molar-refractivity contribution is 5.73. The maximum Gasteiger partial charge on any atom is 0.387 e. The van der Waals surface area contributed by atoms with Crippen molar-refractivity contribution in [3.05, 3.63) is 47.3 Å². The van der Waals surface area contributed by atoms with Gasteiger partial charge in [0.15, 0.2) is 0 Å². The standard InChI is InChI=1S/C10H9NO2/c1-11-7-10(12)13-8-9-5-3-2-4-6-9/h2-6H,7-8H2. The van der Waals surface area contributed by atoms with Crippen LogP contribution in [-0.4, -0.2) is 12.5 Å². The Morgan fingerprint density at radius 1 is 1.38 bits per heavy atom. The first-order valence-corrected chi connectivity index (χ1v) is 3.85. The fourth-order valence-electron chi connectivity index (χ4n) is 0.848. The molecule has 0 bridgehead atoms. The van der Waals surface area contributed by atoms with E-state index in [1.165, 1.54) is 0 Å². The SMILES string of the molecule is [C-]#[N+]CC(=O)OCc1ccccc1. The van der Waals surface area contributed by atoms with Gasteiger partial charge >= 0.3 is 12.5 Å². The number of benzene rings is 1. The number of hydrogen-bond donors (Lipinski definition) is 0. The maximum atomic E-state index is 10.8. The lowest BCUT2D eigenvalue weighted by Gasteiger charge is -2.00. The second-order valence-electron chi connectivity index (χ2n) is 2.46. The minimum Gasteiger partial charge on any atom is -0.455 e. The summed E-state index contributed by atoms with van der Waals surface area (Å²) in [6, 6.07) is 9.37. The van der Waals surface area contributed by atoms with Crippen molar-refractivity contribution in [3.8, 4) is 0 Å². The van der Waals surface area contributed by atoms with Gasteiger partial charge in [0.2, 0.25) is 0 Å². The largest absolute Gasteiger partial charge is 0.455 e. The van der Waals surface area contributed by atoms with Gasteiger partial charge in [-0.2, -0.15) is 0 Å². The molecule has 13 heavy (non-hydrogen) atoms. The number of esters is 1. The molecule has 0 aliphatic rings. The molecule has 0 heterocycles. The van der Waals surface area contributed by atoms with Crippen molar-refractivity contribution >= 4 is 5.97 Å². The molecular weight excluding hydrogens is 166 g/mol. The van der Waals surface area contributed by atoms with Crippen LogP contribution in [0.2, 0.25) is 0 Å². The Bertz CT molecular complexity index is 313. The van der Waals surface area contributed by atoms with Gasteiger partial charge in [0, 0.05) is 0 Å². The molecule has 0 unspecified atom stereocenters. The van der Waals surface area contributed by atoms with Crippen LogP contribution in [0, 0.1) is 6.57 Å². The fraction of sp³-hybridized carbons (Fsp3) is 0.200. The summed E-state index contributed by atoms with van der Waals surface area (Å²) in [6.07, 6.45) is 0. The molecule has 0 aromatic heterocycles. The Balaban J connectivity index is 2.36. The summed E-state index contributed by atoms with van der Waals surface area (Å²) >= 11 is 0. The van der Waals surface area contributed by atoms with Crippen molar-refractivity contribution in [2.24, 2.45) is 0 Å². The molecule has 0 fully saturated rings. The summed E-state index contributed by atoms with van der Waals surface area (Å²) in [6.45, 7) is 6.48. The number of ether oxygens (including phenoxy) is 1. The van der Waals surface area contributed by atoms with E-state index in [2.05, 4.69) is 4.85 Å². The minimum atomic E-state index is -0.473. The highest BCUT2D eigenvalue weighted by Gasteiger charge is 2.04. The van der Waals surface area contributed by atoms with Crippen LogP contribution in [0.25, 0.3) is 4.85 Å². The normalized spacial score (nSPS) is 8.85. The van der Waals surface area contributed by atoms with E-state index in [1.54, 1.807) is 0 Å². The predicted octanol–water partition coefficient (Wildman–Crippen LogP) is 1.65. The lowest BCUT2D eigenvalue weighted by atomic mass is 10.2. The van der Waals surface area contributed by atoms with Crippen molar-refractivity contribution < 1.29 is 9.53 Å². The van der Waals surface area contributed by atoms with Crippen molar-refractivity contribution in [2.45, 2.75) is 6.61 Å². The third-order valence-electron chi connectivity index (χ3n) is 1.45. The van der Waals surface area contributed by atoms with E-state index >= 15 is 0 Å². The van der Waals surface area contributed by atoms with Crippen LogP contribution in [0.3, 0.4) is 0 Å². The lowest BCUT2D eigenvalue weighted by molar-refractivity contribution is -0.142. The van der Waals surface area contributed by atoms with E-state index in [0.29, 0.717) is 0 Å². The van der Waals surface area contributed by atoms with Crippen LogP contribution >= 0.6 is 0 Å². The first-order valence-electron chi connectivity index (χ1n) is 3.85. The predicted molar refractivity (Wildman–Crippen MR) is 47.7 cm³/mol. The highest BCUT2D eigenvalue weighted by atomic mass is 16.5. The average Bonchev–Trinajstić information content (AvgIpc) is 2.17. The van der Waals surface area contributed by atoms with Crippen LogP contribution in [0.15, 0.2) is 30.3 Å². The summed E-state index contributed by atoms with van der Waals surface area (Å²) in [5.74, 6) is -0.473. The second-order valence-corrected chi connectivity index (χ2v) is 2.46. The molecule has 3 nitrogen and oxygen atoms in total. The molecular formula is C10H9NO2. The highest BCUT2D eigenvalue weighted by Crippen LogP contribution is 2.00. The Morgan fingerprint density at radius 2 is 2.08 bits per heavy atom. The summed E-state index contributed by atoms with van der Waals surface area (Å²) in [5.41, 5.74) is 0.931. The fourth-order valence-corrected chi connectivity index (χ4v) is 0.848. The van der Waals surface area contributed by atoms with E-state index in [-0.39, 0.29) is 13.2 Å². The Hall–Kier alpha value is -1.82. The second kappa shape index (κ2) is 4.94. The number of carbonyl (C=O) groups is 1. The third-order valence-corrected chi connectivity index (χ3v) is 1.45. The minimum absolute atomic E-state index is 0.202. The van der Waals surface area contributed by atoms with Gasteiger partial charge in [0.05, 0.1) is 0 Å². The van der Waals surface area contributed by atoms with Crippen molar-refractivity contribution in [2.75, 3.05) is 6.54 Å². The summed E-state index contributed by atoms with van der Waals surface area (Å²) in [7, 11) is 0. The van der Waals surface area contributed by atoms with Gasteiger partial charge < -0.3 is 9.58 Å². The summed E-state index contributed by atoms with van der Waals surface area (Å²) in [5, 5.41) is 0. The molecule has 66 valence electrons. The smallest absolute Gasteiger partial charge is 0.387 e. The van der Waals surface area contributed by atoms with E-state index in [4.69, 9.17) is 11.3 Å². The zero-order valence-electron chi connectivity index (χ0n) is 7.06. The van der Waals surface area contributed by atoms with Crippen LogP contribution in [0.4, 0.5) is 0 Å². The molecule has 0 aliphatic heterocycles. The third kappa shape index (κ3) is 3.39. The molecule has 0 atom stereocenters. The van der Waals surface area contributed by atoms with Gasteiger partial charge in [-0.3, -0.25) is 0 Å². The van der Waals surface area contributed by atoms with Gasteiger partial charge in [0.25, 0.3) is 0 Å². The zero-order chi connectivity index (χ0) is 9.52. The molecule has 0 saturated carbocycles. The zero-order valence-corrected chi connectivity index (χ0v) is 7.06. The van der Waals surface area contributed by atoms with E-state index in [0.717, 1.165) is 5.56 Å². The number of hydrogen-bond acceptors (Lipinski definition) is 2. The quantitative estimate of drug-likeness (QED) is 0.516. The van der Waals surface area contributed by atoms with Crippen molar-refractivity contribution in [3.63, 3.8) is 0 Å². The molecule has 1 aromatic carbocycles. The summed E-state index contributed by atoms with van der Waals surface area (Å²) in [4.78, 5) is 13.7. The van der Waals surface area contributed by atoms with Crippen LogP contribution in [0.5, 0.6) is 0 Å². The number of nitrogens with zero attached hydrogens (tertiary/aromatic N) is 1.